The highest BCUT2D eigenvalue weighted by Gasteiger charge is 2.16. The number of nitrogens with zero attached hydrogens (tertiary/aromatic N) is 3. The maximum Gasteiger partial charge on any atom is 0.236 e. The van der Waals surface area contributed by atoms with Crippen molar-refractivity contribution in [2.75, 3.05) is 22.1 Å². The van der Waals surface area contributed by atoms with Crippen LogP contribution in [0, 0.1) is 17.5 Å². The van der Waals surface area contributed by atoms with Crippen molar-refractivity contribution in [2.24, 2.45) is 0 Å². The van der Waals surface area contributed by atoms with Crippen LogP contribution in [0.3, 0.4) is 0 Å². The molecule has 30 heavy (non-hydrogen) atoms. The molecule has 2 amide bonds. The van der Waals surface area contributed by atoms with Crippen LogP contribution in [0.5, 0.6) is 0 Å². The van der Waals surface area contributed by atoms with Gasteiger partial charge in [-0.25, -0.2) is 18.2 Å². The Bertz CT molecular complexity index is 1050. The van der Waals surface area contributed by atoms with Crippen LogP contribution >= 0.6 is 34.9 Å². The van der Waals surface area contributed by atoms with Crippen molar-refractivity contribution in [3.8, 4) is 0 Å². The van der Waals surface area contributed by atoms with Gasteiger partial charge >= 0.3 is 0 Å². The zero-order valence-corrected chi connectivity index (χ0v) is 17.3. The predicted octanol–water partition coefficient (Wildman–Crippen LogP) is 3.81. The monoisotopic (exact) mass is 471 g/mol. The highest BCUT2D eigenvalue weighted by Crippen LogP contribution is 2.26. The van der Waals surface area contributed by atoms with Crippen molar-refractivity contribution >= 4 is 57.5 Å². The quantitative estimate of drug-likeness (QED) is 0.293. The van der Waals surface area contributed by atoms with Gasteiger partial charge in [0.2, 0.25) is 16.9 Å². The summed E-state index contributed by atoms with van der Waals surface area (Å²) in [5.41, 5.74) is -0.463. The SMILES string of the molecule is O=C(CSc1ccccn1)Nc1nnc(SCC(=O)Nc2ccc(F)c(F)c2F)s1. The third-order valence-electron chi connectivity index (χ3n) is 3.28. The first-order valence-corrected chi connectivity index (χ1v) is 10.9. The molecule has 0 unspecified atom stereocenters. The van der Waals surface area contributed by atoms with Crippen molar-refractivity contribution in [3.63, 3.8) is 0 Å². The fourth-order valence-corrected chi connectivity index (χ4v) is 4.21. The van der Waals surface area contributed by atoms with E-state index in [1.807, 2.05) is 6.07 Å². The number of thioether (sulfide) groups is 2. The zero-order valence-electron chi connectivity index (χ0n) is 14.9. The summed E-state index contributed by atoms with van der Waals surface area (Å²) in [5.74, 6) is -5.44. The molecule has 156 valence electrons. The van der Waals surface area contributed by atoms with E-state index in [0.29, 0.717) is 15.4 Å². The minimum absolute atomic E-state index is 0.140. The van der Waals surface area contributed by atoms with Crippen molar-refractivity contribution in [1.82, 2.24) is 15.2 Å². The lowest BCUT2D eigenvalue weighted by Gasteiger charge is -2.06. The topological polar surface area (TPSA) is 96.9 Å². The number of anilines is 2. The summed E-state index contributed by atoms with van der Waals surface area (Å²) < 4.78 is 40.1. The van der Waals surface area contributed by atoms with E-state index in [2.05, 4.69) is 25.8 Å². The maximum absolute atomic E-state index is 13.6. The molecule has 2 heterocycles. The number of hydrogen-bond donors (Lipinski definition) is 2. The van der Waals surface area contributed by atoms with Gasteiger partial charge in [0.25, 0.3) is 0 Å². The highest BCUT2D eigenvalue weighted by atomic mass is 32.2. The van der Waals surface area contributed by atoms with E-state index >= 15 is 0 Å². The number of carbonyl (C=O) groups is 2. The molecule has 0 spiro atoms. The van der Waals surface area contributed by atoms with E-state index in [-0.39, 0.29) is 22.5 Å². The molecule has 0 radical (unpaired) electrons. The van der Waals surface area contributed by atoms with Crippen LogP contribution < -0.4 is 10.6 Å². The molecular formula is C17H12F3N5O2S3. The number of carbonyl (C=O) groups excluding carboxylic acids is 2. The van der Waals surface area contributed by atoms with Crippen LogP contribution in [0.2, 0.25) is 0 Å². The Morgan fingerprint density at radius 2 is 1.70 bits per heavy atom. The highest BCUT2D eigenvalue weighted by molar-refractivity contribution is 8.01. The second kappa shape index (κ2) is 10.4. The molecule has 0 aliphatic heterocycles. The Kier molecular flexibility index (Phi) is 7.65. The Morgan fingerprint density at radius 3 is 2.47 bits per heavy atom. The van der Waals surface area contributed by atoms with Crippen molar-refractivity contribution in [1.29, 1.82) is 0 Å². The van der Waals surface area contributed by atoms with Crippen LogP contribution in [0.1, 0.15) is 0 Å². The molecule has 0 fully saturated rings. The Balaban J connectivity index is 1.45. The number of halogens is 3. The average molecular weight is 472 g/mol. The van der Waals surface area contributed by atoms with Crippen LogP contribution in [-0.2, 0) is 9.59 Å². The van der Waals surface area contributed by atoms with E-state index in [4.69, 9.17) is 0 Å². The van der Waals surface area contributed by atoms with Gasteiger partial charge in [-0.3, -0.25) is 14.9 Å². The summed E-state index contributed by atoms with van der Waals surface area (Å²) in [6.45, 7) is 0. The summed E-state index contributed by atoms with van der Waals surface area (Å²) in [7, 11) is 0. The van der Waals surface area contributed by atoms with E-state index in [1.54, 1.807) is 18.3 Å². The largest absolute Gasteiger partial charge is 0.323 e. The second-order valence-corrected chi connectivity index (χ2v) is 8.63. The van der Waals surface area contributed by atoms with Crippen molar-refractivity contribution in [2.45, 2.75) is 9.37 Å². The normalized spacial score (nSPS) is 10.6. The van der Waals surface area contributed by atoms with Crippen LogP contribution in [0.4, 0.5) is 24.0 Å². The standard InChI is InChI=1S/C17H12F3N5O2S3/c18-9-4-5-10(15(20)14(9)19)22-11(26)8-29-17-25-24-16(30-17)23-12(27)7-28-13-3-1-2-6-21-13/h1-6H,7-8H2,(H,22,26)(H,23,24,27). The average Bonchev–Trinajstić information content (AvgIpc) is 3.19. The summed E-state index contributed by atoms with van der Waals surface area (Å²) in [6.07, 6.45) is 1.63. The van der Waals surface area contributed by atoms with E-state index < -0.39 is 29.0 Å². The lowest BCUT2D eigenvalue weighted by atomic mass is 10.3. The smallest absolute Gasteiger partial charge is 0.236 e. The van der Waals surface area contributed by atoms with Gasteiger partial charge < -0.3 is 5.32 Å². The molecule has 0 bridgehead atoms. The van der Waals surface area contributed by atoms with Crippen LogP contribution in [0.15, 0.2) is 45.9 Å². The number of hydrogen-bond acceptors (Lipinski definition) is 8. The van der Waals surface area contributed by atoms with Gasteiger partial charge in [-0.15, -0.1) is 10.2 Å². The Hall–Kier alpha value is -2.64. The third-order valence-corrected chi connectivity index (χ3v) is 6.19. The minimum atomic E-state index is -1.66. The molecule has 7 nitrogen and oxygen atoms in total. The predicted molar refractivity (Wildman–Crippen MR) is 109 cm³/mol. The van der Waals surface area contributed by atoms with E-state index in [1.165, 1.54) is 11.8 Å². The zero-order chi connectivity index (χ0) is 21.5. The number of pyridine rings is 1. The lowest BCUT2D eigenvalue weighted by molar-refractivity contribution is -0.114. The fraction of sp³-hybridized carbons (Fsp3) is 0.118. The molecule has 0 aliphatic carbocycles. The lowest BCUT2D eigenvalue weighted by Crippen LogP contribution is -2.15. The fourth-order valence-electron chi connectivity index (χ4n) is 1.98. The number of benzene rings is 1. The summed E-state index contributed by atoms with van der Waals surface area (Å²) in [4.78, 5) is 28.0. The minimum Gasteiger partial charge on any atom is -0.323 e. The van der Waals surface area contributed by atoms with Gasteiger partial charge in [-0.05, 0) is 24.3 Å². The number of aromatic nitrogens is 3. The molecule has 2 N–H and O–H groups in total. The van der Waals surface area contributed by atoms with Crippen molar-refractivity contribution in [3.05, 3.63) is 54.0 Å². The molecule has 0 aliphatic rings. The first-order chi connectivity index (χ1) is 14.4. The molecule has 2 aromatic heterocycles. The number of rotatable bonds is 8. The third kappa shape index (κ3) is 6.18. The van der Waals surface area contributed by atoms with Gasteiger partial charge in [0, 0.05) is 6.20 Å². The maximum atomic E-state index is 13.6. The number of nitrogens with one attached hydrogen (secondary N) is 2. The molecular weight excluding hydrogens is 459 g/mol. The summed E-state index contributed by atoms with van der Waals surface area (Å²) in [6, 6.07) is 7.03. The van der Waals surface area contributed by atoms with E-state index in [9.17, 15) is 22.8 Å². The van der Waals surface area contributed by atoms with Gasteiger partial charge in [0.15, 0.2) is 21.8 Å². The van der Waals surface area contributed by atoms with Gasteiger partial charge in [-0.1, -0.05) is 40.9 Å². The Morgan fingerprint density at radius 1 is 0.933 bits per heavy atom. The molecule has 0 saturated carbocycles. The second-order valence-electron chi connectivity index (χ2n) is 5.44. The van der Waals surface area contributed by atoms with Crippen LogP contribution in [-0.4, -0.2) is 38.5 Å². The van der Waals surface area contributed by atoms with Gasteiger partial charge in [0.1, 0.15) is 0 Å². The molecule has 3 aromatic rings. The molecule has 3 rings (SSSR count). The first kappa shape index (κ1) is 22.1. The van der Waals surface area contributed by atoms with E-state index in [0.717, 1.165) is 29.2 Å². The summed E-state index contributed by atoms with van der Waals surface area (Å²) in [5, 5.41) is 13.4. The van der Waals surface area contributed by atoms with Crippen molar-refractivity contribution < 1.29 is 22.8 Å². The molecule has 13 heteroatoms. The molecule has 1 aromatic carbocycles. The first-order valence-electron chi connectivity index (χ1n) is 8.15. The van der Waals surface area contributed by atoms with Gasteiger partial charge in [-0.2, -0.15) is 0 Å². The Labute approximate surface area is 180 Å². The summed E-state index contributed by atoms with van der Waals surface area (Å²) >= 11 is 3.32. The molecule has 0 atom stereocenters. The molecule has 0 saturated heterocycles. The van der Waals surface area contributed by atoms with Gasteiger partial charge in [0.05, 0.1) is 22.2 Å². The number of amides is 2. The van der Waals surface area contributed by atoms with Crippen LogP contribution in [0.25, 0.3) is 0 Å².